The average Bonchev–Trinajstić information content (AvgIpc) is 2.83. The highest BCUT2D eigenvalue weighted by Gasteiger charge is 2.26. The Morgan fingerprint density at radius 3 is 2.70 bits per heavy atom. The molecule has 9 heteroatoms. The number of benzene rings is 2. The Labute approximate surface area is 192 Å². The number of piperidine rings is 1. The van der Waals surface area contributed by atoms with Crippen LogP contribution in [0.2, 0.25) is 0 Å². The van der Waals surface area contributed by atoms with Gasteiger partial charge in [0.1, 0.15) is 5.69 Å². The molecular formula is C24H26N4O5. The predicted molar refractivity (Wildman–Crippen MR) is 123 cm³/mol. The summed E-state index contributed by atoms with van der Waals surface area (Å²) >= 11 is 0. The number of esters is 1. The van der Waals surface area contributed by atoms with Crippen LogP contribution in [0.4, 0.5) is 17.1 Å². The van der Waals surface area contributed by atoms with Crippen molar-refractivity contribution in [2.45, 2.75) is 26.2 Å². The van der Waals surface area contributed by atoms with Crippen LogP contribution in [0.25, 0.3) is 0 Å². The molecule has 0 saturated carbocycles. The molecule has 33 heavy (non-hydrogen) atoms. The van der Waals surface area contributed by atoms with Gasteiger partial charge in [0.05, 0.1) is 23.0 Å². The minimum Gasteiger partial charge on any atom is -0.452 e. The van der Waals surface area contributed by atoms with Crippen LogP contribution in [0.15, 0.2) is 48.5 Å². The largest absolute Gasteiger partial charge is 0.452 e. The Morgan fingerprint density at radius 2 is 2.03 bits per heavy atom. The monoisotopic (exact) mass is 450 g/mol. The van der Waals surface area contributed by atoms with E-state index in [2.05, 4.69) is 6.92 Å². The zero-order valence-electron chi connectivity index (χ0n) is 18.5. The smallest absolute Gasteiger partial charge is 0.338 e. The van der Waals surface area contributed by atoms with E-state index < -0.39 is 23.4 Å². The number of para-hydroxylation sites is 1. The molecule has 2 aromatic rings. The molecule has 3 rings (SSSR count). The number of rotatable bonds is 8. The standard InChI is InChI=1S/C24H26N4O5/c1-18-7-5-13-26(16-18)21-11-10-19(15-22(21)28(31)32)24(30)33-17-23(29)27(14-6-12-25)20-8-3-2-4-9-20/h2-4,8-11,15,18H,5-7,13-14,16-17H2,1H3/t18-/m1/s1. The fourth-order valence-corrected chi connectivity index (χ4v) is 3.93. The van der Waals surface area contributed by atoms with Crippen LogP contribution in [-0.2, 0) is 9.53 Å². The number of hydrogen-bond donors (Lipinski definition) is 0. The summed E-state index contributed by atoms with van der Waals surface area (Å²) in [5.41, 5.74) is 0.909. The summed E-state index contributed by atoms with van der Waals surface area (Å²) in [7, 11) is 0. The van der Waals surface area contributed by atoms with Crippen molar-refractivity contribution in [1.29, 1.82) is 5.26 Å². The van der Waals surface area contributed by atoms with Gasteiger partial charge in [-0.15, -0.1) is 0 Å². The molecule has 1 aliphatic heterocycles. The van der Waals surface area contributed by atoms with Crippen LogP contribution >= 0.6 is 0 Å². The molecule has 1 amide bonds. The van der Waals surface area contributed by atoms with Gasteiger partial charge in [-0.25, -0.2) is 4.79 Å². The number of ether oxygens (including phenoxy) is 1. The molecule has 2 aromatic carbocycles. The van der Waals surface area contributed by atoms with E-state index >= 15 is 0 Å². The van der Waals surface area contributed by atoms with Crippen molar-refractivity contribution < 1.29 is 19.2 Å². The van der Waals surface area contributed by atoms with Crippen molar-refractivity contribution in [2.24, 2.45) is 5.92 Å². The maximum atomic E-state index is 12.7. The van der Waals surface area contributed by atoms with Crippen molar-refractivity contribution in [3.63, 3.8) is 0 Å². The zero-order valence-corrected chi connectivity index (χ0v) is 18.5. The maximum absolute atomic E-state index is 12.7. The molecule has 1 saturated heterocycles. The van der Waals surface area contributed by atoms with Gasteiger partial charge in [-0.1, -0.05) is 25.1 Å². The molecule has 1 atom stereocenters. The van der Waals surface area contributed by atoms with Gasteiger partial charge in [-0.3, -0.25) is 14.9 Å². The first-order valence-electron chi connectivity index (χ1n) is 10.8. The molecule has 0 spiro atoms. The van der Waals surface area contributed by atoms with E-state index in [1.807, 2.05) is 11.0 Å². The van der Waals surface area contributed by atoms with Crippen LogP contribution in [-0.4, -0.2) is 43.0 Å². The van der Waals surface area contributed by atoms with Crippen molar-refractivity contribution in [2.75, 3.05) is 36.0 Å². The van der Waals surface area contributed by atoms with Gasteiger partial charge < -0.3 is 14.5 Å². The van der Waals surface area contributed by atoms with E-state index in [9.17, 15) is 19.7 Å². The topological polar surface area (TPSA) is 117 Å². The number of nitro groups is 1. The van der Waals surface area contributed by atoms with Gasteiger partial charge in [0.2, 0.25) is 0 Å². The summed E-state index contributed by atoms with van der Waals surface area (Å²) < 4.78 is 5.16. The van der Waals surface area contributed by atoms with Gasteiger partial charge in [0.25, 0.3) is 11.6 Å². The lowest BCUT2D eigenvalue weighted by molar-refractivity contribution is -0.384. The van der Waals surface area contributed by atoms with Crippen molar-refractivity contribution in [3.05, 3.63) is 64.2 Å². The Balaban J connectivity index is 1.71. The predicted octanol–water partition coefficient (Wildman–Crippen LogP) is 3.93. The maximum Gasteiger partial charge on any atom is 0.338 e. The fraction of sp³-hybridized carbons (Fsp3) is 0.375. The molecule has 0 bridgehead atoms. The number of nitriles is 1. The number of carbonyl (C=O) groups is 2. The highest BCUT2D eigenvalue weighted by atomic mass is 16.6. The summed E-state index contributed by atoms with van der Waals surface area (Å²) in [5, 5.41) is 20.6. The van der Waals surface area contributed by atoms with Gasteiger partial charge in [0.15, 0.2) is 6.61 Å². The molecule has 0 aromatic heterocycles. The van der Waals surface area contributed by atoms with Crippen LogP contribution in [0.3, 0.4) is 0 Å². The second kappa shape index (κ2) is 11.1. The van der Waals surface area contributed by atoms with Crippen LogP contribution in [0, 0.1) is 27.4 Å². The quantitative estimate of drug-likeness (QED) is 0.340. The fourth-order valence-electron chi connectivity index (χ4n) is 3.93. The first kappa shape index (κ1) is 23.7. The first-order valence-corrected chi connectivity index (χ1v) is 10.8. The Hall–Kier alpha value is -3.93. The molecule has 172 valence electrons. The minimum absolute atomic E-state index is 0.00611. The molecule has 0 aliphatic carbocycles. The lowest BCUT2D eigenvalue weighted by Crippen LogP contribution is -2.35. The highest BCUT2D eigenvalue weighted by Crippen LogP contribution is 2.32. The SMILES string of the molecule is C[C@@H]1CCCN(c2ccc(C(=O)OCC(=O)N(CCC#N)c3ccccc3)cc2[N+](=O)[O-])C1. The second-order valence-corrected chi connectivity index (χ2v) is 8.02. The Bertz CT molecular complexity index is 1050. The molecule has 0 unspecified atom stereocenters. The van der Waals surface area contributed by atoms with Crippen molar-refractivity contribution in [3.8, 4) is 6.07 Å². The molecular weight excluding hydrogens is 424 g/mol. The van der Waals surface area contributed by atoms with Gasteiger partial charge in [0, 0.05) is 31.4 Å². The van der Waals surface area contributed by atoms with E-state index in [0.717, 1.165) is 25.9 Å². The van der Waals surface area contributed by atoms with E-state index in [4.69, 9.17) is 10.00 Å². The van der Waals surface area contributed by atoms with E-state index in [1.165, 1.54) is 17.0 Å². The summed E-state index contributed by atoms with van der Waals surface area (Å²) in [4.78, 5) is 39.7. The number of hydrogen-bond acceptors (Lipinski definition) is 7. The normalized spacial score (nSPS) is 15.4. The third-order valence-electron chi connectivity index (χ3n) is 5.55. The summed E-state index contributed by atoms with van der Waals surface area (Å²) in [6.07, 6.45) is 2.16. The minimum atomic E-state index is -0.821. The molecule has 1 aliphatic rings. The first-order chi connectivity index (χ1) is 15.9. The van der Waals surface area contributed by atoms with Crippen LogP contribution < -0.4 is 9.80 Å². The zero-order chi connectivity index (χ0) is 23.8. The summed E-state index contributed by atoms with van der Waals surface area (Å²) in [6.45, 7) is 3.17. The molecule has 0 radical (unpaired) electrons. The Kier molecular flexibility index (Phi) is 7.97. The number of nitro benzene ring substituents is 1. The van der Waals surface area contributed by atoms with Gasteiger partial charge in [-0.2, -0.15) is 5.26 Å². The number of nitrogens with zero attached hydrogens (tertiary/aromatic N) is 4. The molecule has 9 nitrogen and oxygen atoms in total. The molecule has 1 fully saturated rings. The van der Waals surface area contributed by atoms with E-state index in [-0.39, 0.29) is 24.2 Å². The summed E-state index contributed by atoms with van der Waals surface area (Å²) in [6, 6.07) is 15.0. The van der Waals surface area contributed by atoms with E-state index in [0.29, 0.717) is 17.3 Å². The molecule has 0 N–H and O–H groups in total. The number of amides is 1. The van der Waals surface area contributed by atoms with Crippen molar-refractivity contribution >= 4 is 28.9 Å². The van der Waals surface area contributed by atoms with Crippen molar-refractivity contribution in [1.82, 2.24) is 0 Å². The second-order valence-electron chi connectivity index (χ2n) is 8.02. The van der Waals surface area contributed by atoms with Crippen LogP contribution in [0.5, 0.6) is 0 Å². The number of anilines is 2. The molecule has 1 heterocycles. The Morgan fingerprint density at radius 1 is 1.27 bits per heavy atom. The third-order valence-corrected chi connectivity index (χ3v) is 5.55. The average molecular weight is 450 g/mol. The lowest BCUT2D eigenvalue weighted by Gasteiger charge is -2.32. The highest BCUT2D eigenvalue weighted by molar-refractivity contribution is 5.97. The third kappa shape index (κ3) is 6.07. The lowest BCUT2D eigenvalue weighted by atomic mass is 9.99. The van der Waals surface area contributed by atoms with Gasteiger partial charge in [-0.05, 0) is 43.0 Å². The summed E-state index contributed by atoms with van der Waals surface area (Å²) in [5.74, 6) is -0.876. The van der Waals surface area contributed by atoms with E-state index in [1.54, 1.807) is 36.4 Å². The van der Waals surface area contributed by atoms with Gasteiger partial charge >= 0.3 is 5.97 Å². The van der Waals surface area contributed by atoms with Crippen LogP contribution in [0.1, 0.15) is 36.5 Å². The number of carbonyl (C=O) groups excluding carboxylic acids is 2.